The predicted octanol–water partition coefficient (Wildman–Crippen LogP) is 2.36. The maximum atomic E-state index is 11.3. The summed E-state index contributed by atoms with van der Waals surface area (Å²) in [6.45, 7) is 1.92. The number of aryl methyl sites for hydroxylation is 1. The Bertz CT molecular complexity index is 570. The molecule has 2 rings (SSSR count). The van der Waals surface area contributed by atoms with Crippen molar-refractivity contribution >= 4 is 5.97 Å². The average molecular weight is 244 g/mol. The SMILES string of the molecule is COC(=O)c1cncc(Oc2ccccc2C)n1. The molecule has 1 aromatic heterocycles. The standard InChI is InChI=1S/C13H12N2O3/c1-9-5-3-4-6-11(9)18-12-8-14-7-10(15-12)13(16)17-2/h3-8H,1-2H3. The lowest BCUT2D eigenvalue weighted by Gasteiger charge is -2.07. The smallest absolute Gasteiger partial charge is 0.358 e. The molecule has 0 aliphatic rings. The number of rotatable bonds is 3. The van der Waals surface area contributed by atoms with E-state index in [1.165, 1.54) is 19.5 Å². The second-order valence-electron chi connectivity index (χ2n) is 3.60. The Morgan fingerprint density at radius 3 is 2.72 bits per heavy atom. The molecule has 5 heteroatoms. The number of methoxy groups -OCH3 is 1. The van der Waals surface area contributed by atoms with Crippen LogP contribution in [-0.2, 0) is 4.74 Å². The summed E-state index contributed by atoms with van der Waals surface area (Å²) in [7, 11) is 1.29. The first-order valence-corrected chi connectivity index (χ1v) is 5.34. The lowest BCUT2D eigenvalue weighted by atomic mass is 10.2. The van der Waals surface area contributed by atoms with Crippen LogP contribution in [0.1, 0.15) is 16.1 Å². The van der Waals surface area contributed by atoms with Gasteiger partial charge in [0.25, 0.3) is 0 Å². The Morgan fingerprint density at radius 1 is 1.22 bits per heavy atom. The molecule has 0 saturated heterocycles. The maximum absolute atomic E-state index is 11.3. The van der Waals surface area contributed by atoms with Gasteiger partial charge in [-0.1, -0.05) is 18.2 Å². The number of nitrogens with zero attached hydrogens (tertiary/aromatic N) is 2. The molecule has 5 nitrogen and oxygen atoms in total. The first kappa shape index (κ1) is 12.0. The van der Waals surface area contributed by atoms with E-state index in [0.29, 0.717) is 5.75 Å². The van der Waals surface area contributed by atoms with Crippen molar-refractivity contribution in [3.63, 3.8) is 0 Å². The Labute approximate surface area is 104 Å². The van der Waals surface area contributed by atoms with Crippen LogP contribution in [0.4, 0.5) is 0 Å². The number of esters is 1. The van der Waals surface area contributed by atoms with Crippen LogP contribution < -0.4 is 4.74 Å². The zero-order valence-electron chi connectivity index (χ0n) is 10.1. The van der Waals surface area contributed by atoms with Crippen LogP contribution in [0, 0.1) is 6.92 Å². The minimum absolute atomic E-state index is 0.114. The molecule has 0 aliphatic heterocycles. The van der Waals surface area contributed by atoms with Crippen LogP contribution in [0.5, 0.6) is 11.6 Å². The summed E-state index contributed by atoms with van der Waals surface area (Å²) < 4.78 is 10.1. The highest BCUT2D eigenvalue weighted by Gasteiger charge is 2.10. The summed E-state index contributed by atoms with van der Waals surface area (Å²) >= 11 is 0. The molecule has 92 valence electrons. The fourth-order valence-corrected chi connectivity index (χ4v) is 1.38. The normalized spacial score (nSPS) is 9.89. The number of hydrogen-bond acceptors (Lipinski definition) is 5. The third-order valence-electron chi connectivity index (χ3n) is 2.32. The van der Waals surface area contributed by atoms with Gasteiger partial charge in [-0.2, -0.15) is 0 Å². The van der Waals surface area contributed by atoms with Gasteiger partial charge < -0.3 is 9.47 Å². The van der Waals surface area contributed by atoms with Crippen molar-refractivity contribution in [3.05, 3.63) is 47.9 Å². The Balaban J connectivity index is 2.25. The third kappa shape index (κ3) is 2.63. The van der Waals surface area contributed by atoms with Gasteiger partial charge in [0.1, 0.15) is 5.75 Å². The molecular formula is C13H12N2O3. The Hall–Kier alpha value is -2.43. The second kappa shape index (κ2) is 5.27. The first-order valence-electron chi connectivity index (χ1n) is 5.34. The molecule has 18 heavy (non-hydrogen) atoms. The highest BCUT2D eigenvalue weighted by Crippen LogP contribution is 2.22. The number of carbonyl (C=O) groups is 1. The molecular weight excluding hydrogens is 232 g/mol. The highest BCUT2D eigenvalue weighted by atomic mass is 16.5. The number of hydrogen-bond donors (Lipinski definition) is 0. The fourth-order valence-electron chi connectivity index (χ4n) is 1.38. The molecule has 1 aromatic carbocycles. The van der Waals surface area contributed by atoms with E-state index in [2.05, 4.69) is 14.7 Å². The van der Waals surface area contributed by atoms with Crippen molar-refractivity contribution in [2.24, 2.45) is 0 Å². The van der Waals surface area contributed by atoms with E-state index in [-0.39, 0.29) is 11.6 Å². The molecule has 0 radical (unpaired) electrons. The molecule has 0 N–H and O–H groups in total. The van der Waals surface area contributed by atoms with Gasteiger partial charge in [-0.15, -0.1) is 0 Å². The zero-order valence-corrected chi connectivity index (χ0v) is 10.1. The van der Waals surface area contributed by atoms with Gasteiger partial charge in [0, 0.05) is 0 Å². The van der Waals surface area contributed by atoms with Gasteiger partial charge in [-0.25, -0.2) is 9.78 Å². The van der Waals surface area contributed by atoms with Crippen LogP contribution >= 0.6 is 0 Å². The van der Waals surface area contributed by atoms with Crippen molar-refractivity contribution in [2.75, 3.05) is 7.11 Å². The maximum Gasteiger partial charge on any atom is 0.358 e. The quantitative estimate of drug-likeness (QED) is 0.775. The number of aromatic nitrogens is 2. The molecule has 2 aromatic rings. The van der Waals surface area contributed by atoms with Crippen molar-refractivity contribution in [1.29, 1.82) is 0 Å². The summed E-state index contributed by atoms with van der Waals surface area (Å²) in [6.07, 6.45) is 2.77. The van der Waals surface area contributed by atoms with Crippen LogP contribution in [0.2, 0.25) is 0 Å². The molecule has 0 bridgehead atoms. The number of para-hydroxylation sites is 1. The Morgan fingerprint density at radius 2 is 2.00 bits per heavy atom. The van der Waals surface area contributed by atoms with E-state index >= 15 is 0 Å². The minimum Gasteiger partial charge on any atom is -0.464 e. The fraction of sp³-hybridized carbons (Fsp3) is 0.154. The summed E-state index contributed by atoms with van der Waals surface area (Å²) in [5.41, 5.74) is 1.09. The molecule has 1 heterocycles. The predicted molar refractivity (Wildman–Crippen MR) is 64.6 cm³/mol. The largest absolute Gasteiger partial charge is 0.464 e. The van der Waals surface area contributed by atoms with Crippen LogP contribution in [0.3, 0.4) is 0 Å². The molecule has 0 fully saturated rings. The molecule has 0 amide bonds. The molecule has 0 saturated carbocycles. The van der Waals surface area contributed by atoms with Crippen molar-refractivity contribution in [3.8, 4) is 11.6 Å². The van der Waals surface area contributed by atoms with Crippen molar-refractivity contribution in [2.45, 2.75) is 6.92 Å². The van der Waals surface area contributed by atoms with E-state index in [0.717, 1.165) is 5.56 Å². The molecule has 0 spiro atoms. The van der Waals surface area contributed by atoms with Gasteiger partial charge in [-0.3, -0.25) is 4.98 Å². The zero-order chi connectivity index (χ0) is 13.0. The van der Waals surface area contributed by atoms with E-state index < -0.39 is 5.97 Å². The van der Waals surface area contributed by atoms with E-state index in [9.17, 15) is 4.79 Å². The number of benzene rings is 1. The van der Waals surface area contributed by atoms with Gasteiger partial charge in [0.15, 0.2) is 5.69 Å². The van der Waals surface area contributed by atoms with E-state index in [1.807, 2.05) is 31.2 Å². The van der Waals surface area contributed by atoms with Gasteiger partial charge >= 0.3 is 5.97 Å². The summed E-state index contributed by atoms with van der Waals surface area (Å²) in [5, 5.41) is 0. The number of carbonyl (C=O) groups excluding carboxylic acids is 1. The molecule has 0 aliphatic carbocycles. The summed E-state index contributed by atoms with van der Waals surface area (Å²) in [4.78, 5) is 19.2. The van der Waals surface area contributed by atoms with E-state index in [4.69, 9.17) is 4.74 Å². The first-order chi connectivity index (χ1) is 8.70. The summed E-state index contributed by atoms with van der Waals surface area (Å²) in [6, 6.07) is 7.52. The topological polar surface area (TPSA) is 61.3 Å². The van der Waals surface area contributed by atoms with Gasteiger partial charge in [0.05, 0.1) is 19.5 Å². The van der Waals surface area contributed by atoms with Crippen LogP contribution in [-0.4, -0.2) is 23.0 Å². The van der Waals surface area contributed by atoms with Gasteiger partial charge in [0.2, 0.25) is 5.88 Å². The average Bonchev–Trinajstić information content (AvgIpc) is 2.41. The monoisotopic (exact) mass is 244 g/mol. The second-order valence-corrected chi connectivity index (χ2v) is 3.60. The summed E-state index contributed by atoms with van der Waals surface area (Å²) in [5.74, 6) is 0.388. The van der Waals surface area contributed by atoms with Crippen molar-refractivity contribution in [1.82, 2.24) is 9.97 Å². The highest BCUT2D eigenvalue weighted by molar-refractivity contribution is 5.86. The van der Waals surface area contributed by atoms with Crippen molar-refractivity contribution < 1.29 is 14.3 Å². The van der Waals surface area contributed by atoms with Crippen LogP contribution in [0.25, 0.3) is 0 Å². The molecule has 0 atom stereocenters. The minimum atomic E-state index is -0.544. The Kier molecular flexibility index (Phi) is 3.52. The van der Waals surface area contributed by atoms with Crippen LogP contribution in [0.15, 0.2) is 36.7 Å². The lowest BCUT2D eigenvalue weighted by Crippen LogP contribution is -2.05. The lowest BCUT2D eigenvalue weighted by molar-refractivity contribution is 0.0592. The third-order valence-corrected chi connectivity index (χ3v) is 2.32. The van der Waals surface area contributed by atoms with E-state index in [1.54, 1.807) is 0 Å². The van der Waals surface area contributed by atoms with Gasteiger partial charge in [-0.05, 0) is 18.6 Å². The number of ether oxygens (including phenoxy) is 2. The molecule has 0 unspecified atom stereocenters.